The molecule has 1 aromatic heterocycles. The highest BCUT2D eigenvalue weighted by Gasteiger charge is 2.35. The van der Waals surface area contributed by atoms with Crippen molar-refractivity contribution < 1.29 is 18.0 Å². The Bertz CT molecular complexity index is 371. The zero-order valence-electron chi connectivity index (χ0n) is 9.63. The molecule has 0 radical (unpaired) electrons. The van der Waals surface area contributed by atoms with Gasteiger partial charge in [0.15, 0.2) is 6.29 Å². The van der Waals surface area contributed by atoms with Crippen LogP contribution in [-0.2, 0) is 12.7 Å². The molecule has 0 bridgehead atoms. The predicted molar refractivity (Wildman–Crippen MR) is 56.8 cm³/mol. The minimum Gasteiger partial charge on any atom is -0.296 e. The molecule has 17 heavy (non-hydrogen) atoms. The maximum atomic E-state index is 12.6. The molecule has 1 aromatic rings. The summed E-state index contributed by atoms with van der Waals surface area (Å²) in [5.74, 6) is 0. The molecule has 1 rings (SSSR count). The van der Waals surface area contributed by atoms with Gasteiger partial charge < -0.3 is 0 Å². The highest BCUT2D eigenvalue weighted by atomic mass is 19.4. The SMILES string of the molecule is CCCCCCn1nc(C=O)cc1C(F)(F)F. The third-order valence-corrected chi connectivity index (χ3v) is 2.43. The highest BCUT2D eigenvalue weighted by Crippen LogP contribution is 2.29. The zero-order valence-corrected chi connectivity index (χ0v) is 9.63. The van der Waals surface area contributed by atoms with E-state index in [1.807, 2.05) is 6.92 Å². The minimum atomic E-state index is -4.46. The van der Waals surface area contributed by atoms with Gasteiger partial charge in [-0.2, -0.15) is 18.3 Å². The third kappa shape index (κ3) is 3.87. The van der Waals surface area contributed by atoms with E-state index in [1.54, 1.807) is 0 Å². The number of alkyl halides is 3. The van der Waals surface area contributed by atoms with E-state index in [0.717, 1.165) is 30.0 Å². The Morgan fingerprint density at radius 1 is 1.35 bits per heavy atom. The zero-order chi connectivity index (χ0) is 12.9. The van der Waals surface area contributed by atoms with Crippen LogP contribution in [0.3, 0.4) is 0 Å². The number of hydrogen-bond acceptors (Lipinski definition) is 2. The van der Waals surface area contributed by atoms with E-state index in [1.165, 1.54) is 0 Å². The van der Waals surface area contributed by atoms with Gasteiger partial charge in [0.25, 0.3) is 0 Å². The standard InChI is InChI=1S/C11H15F3N2O/c1-2-3-4-5-6-16-10(11(12,13)14)7-9(8-17)15-16/h7-8H,2-6H2,1H3. The van der Waals surface area contributed by atoms with Crippen molar-refractivity contribution in [2.24, 2.45) is 0 Å². The normalized spacial score (nSPS) is 11.8. The summed E-state index contributed by atoms with van der Waals surface area (Å²) >= 11 is 0. The number of carbonyl (C=O) groups excluding carboxylic acids is 1. The van der Waals surface area contributed by atoms with Crippen LogP contribution in [0, 0.1) is 0 Å². The van der Waals surface area contributed by atoms with E-state index in [9.17, 15) is 18.0 Å². The lowest BCUT2D eigenvalue weighted by molar-refractivity contribution is -0.144. The van der Waals surface area contributed by atoms with Crippen LogP contribution in [0.15, 0.2) is 6.07 Å². The summed E-state index contributed by atoms with van der Waals surface area (Å²) in [6.45, 7) is 2.22. The van der Waals surface area contributed by atoms with Crippen molar-refractivity contribution >= 4 is 6.29 Å². The fourth-order valence-electron chi connectivity index (χ4n) is 1.58. The molecule has 0 aliphatic carbocycles. The Kier molecular flexibility index (Phi) is 4.72. The fraction of sp³-hybridized carbons (Fsp3) is 0.636. The van der Waals surface area contributed by atoms with E-state index >= 15 is 0 Å². The summed E-state index contributed by atoms with van der Waals surface area (Å²) in [5.41, 5.74) is -1.02. The quantitative estimate of drug-likeness (QED) is 0.572. The summed E-state index contributed by atoms with van der Waals surface area (Å²) in [6, 6.07) is 0.785. The van der Waals surface area contributed by atoms with Gasteiger partial charge >= 0.3 is 6.18 Å². The largest absolute Gasteiger partial charge is 0.433 e. The van der Waals surface area contributed by atoms with Gasteiger partial charge in [-0.1, -0.05) is 26.2 Å². The first-order valence-electron chi connectivity index (χ1n) is 5.59. The first kappa shape index (κ1) is 13.7. The van der Waals surface area contributed by atoms with Crippen LogP contribution in [0.4, 0.5) is 13.2 Å². The summed E-state index contributed by atoms with van der Waals surface area (Å²) < 4.78 is 38.7. The topological polar surface area (TPSA) is 34.9 Å². The maximum Gasteiger partial charge on any atom is 0.433 e. The fourth-order valence-corrected chi connectivity index (χ4v) is 1.58. The van der Waals surface area contributed by atoms with Gasteiger partial charge in [0.1, 0.15) is 11.4 Å². The van der Waals surface area contributed by atoms with Crippen LogP contribution in [0.2, 0.25) is 0 Å². The van der Waals surface area contributed by atoms with Gasteiger partial charge in [0, 0.05) is 6.54 Å². The Morgan fingerprint density at radius 2 is 2.06 bits per heavy atom. The summed E-state index contributed by atoms with van der Waals surface area (Å²) in [6.07, 6.45) is -0.619. The Balaban J connectivity index is 2.75. The van der Waals surface area contributed by atoms with Gasteiger partial charge in [-0.05, 0) is 12.5 Å². The second-order valence-corrected chi connectivity index (χ2v) is 3.85. The molecule has 0 saturated heterocycles. The van der Waals surface area contributed by atoms with E-state index in [0.29, 0.717) is 12.7 Å². The lowest BCUT2D eigenvalue weighted by atomic mass is 10.2. The molecule has 0 aliphatic heterocycles. The maximum absolute atomic E-state index is 12.6. The number of aromatic nitrogens is 2. The minimum absolute atomic E-state index is 0.173. The molecule has 0 aliphatic rings. The van der Waals surface area contributed by atoms with Crippen LogP contribution >= 0.6 is 0 Å². The first-order chi connectivity index (χ1) is 7.99. The van der Waals surface area contributed by atoms with E-state index in [4.69, 9.17) is 0 Å². The van der Waals surface area contributed by atoms with E-state index in [2.05, 4.69) is 5.10 Å². The lowest BCUT2D eigenvalue weighted by Crippen LogP contribution is -2.14. The summed E-state index contributed by atoms with van der Waals surface area (Å²) in [4.78, 5) is 10.4. The molecular formula is C11H15F3N2O. The second kappa shape index (κ2) is 5.84. The van der Waals surface area contributed by atoms with Gasteiger partial charge in [-0.15, -0.1) is 0 Å². The molecule has 0 fully saturated rings. The molecule has 1 heterocycles. The molecule has 3 nitrogen and oxygen atoms in total. The number of hydrogen-bond donors (Lipinski definition) is 0. The lowest BCUT2D eigenvalue weighted by Gasteiger charge is -2.09. The van der Waals surface area contributed by atoms with Crippen LogP contribution < -0.4 is 0 Å². The number of halogens is 3. The van der Waals surface area contributed by atoms with Gasteiger partial charge in [-0.25, -0.2) is 0 Å². The smallest absolute Gasteiger partial charge is 0.296 e. The number of nitrogens with zero attached hydrogens (tertiary/aromatic N) is 2. The molecular weight excluding hydrogens is 233 g/mol. The van der Waals surface area contributed by atoms with Crippen molar-refractivity contribution in [3.8, 4) is 0 Å². The molecule has 0 atom stereocenters. The van der Waals surface area contributed by atoms with Crippen molar-refractivity contribution in [2.75, 3.05) is 0 Å². The molecule has 96 valence electrons. The van der Waals surface area contributed by atoms with Crippen LogP contribution in [-0.4, -0.2) is 16.1 Å². The van der Waals surface area contributed by atoms with E-state index in [-0.39, 0.29) is 12.2 Å². The van der Waals surface area contributed by atoms with Gasteiger partial charge in [0.2, 0.25) is 0 Å². The first-order valence-corrected chi connectivity index (χ1v) is 5.59. The Labute approximate surface area is 97.6 Å². The molecule has 6 heteroatoms. The molecule has 0 aromatic carbocycles. The number of carbonyl (C=O) groups is 1. The molecule has 0 amide bonds. The van der Waals surface area contributed by atoms with E-state index < -0.39 is 11.9 Å². The average molecular weight is 248 g/mol. The molecule has 0 spiro atoms. The summed E-state index contributed by atoms with van der Waals surface area (Å²) in [7, 11) is 0. The van der Waals surface area contributed by atoms with Crippen molar-refractivity contribution in [3.63, 3.8) is 0 Å². The molecule has 0 N–H and O–H groups in total. The predicted octanol–water partition coefficient (Wildman–Crippen LogP) is 3.29. The Hall–Kier alpha value is -1.33. The third-order valence-electron chi connectivity index (χ3n) is 2.43. The monoisotopic (exact) mass is 248 g/mol. The number of unbranched alkanes of at least 4 members (excludes halogenated alkanes) is 3. The number of rotatable bonds is 6. The van der Waals surface area contributed by atoms with Gasteiger partial charge in [0.05, 0.1) is 0 Å². The van der Waals surface area contributed by atoms with Crippen LogP contribution in [0.1, 0.15) is 48.8 Å². The average Bonchev–Trinajstić information content (AvgIpc) is 2.67. The van der Waals surface area contributed by atoms with Crippen LogP contribution in [0.25, 0.3) is 0 Å². The number of aldehydes is 1. The second-order valence-electron chi connectivity index (χ2n) is 3.85. The highest BCUT2D eigenvalue weighted by molar-refractivity contribution is 5.71. The Morgan fingerprint density at radius 3 is 2.59 bits per heavy atom. The van der Waals surface area contributed by atoms with Crippen LogP contribution in [0.5, 0.6) is 0 Å². The van der Waals surface area contributed by atoms with Crippen molar-refractivity contribution in [1.82, 2.24) is 9.78 Å². The van der Waals surface area contributed by atoms with Gasteiger partial charge in [-0.3, -0.25) is 9.48 Å². The van der Waals surface area contributed by atoms with Crippen molar-refractivity contribution in [3.05, 3.63) is 17.5 Å². The molecule has 0 unspecified atom stereocenters. The molecule has 0 saturated carbocycles. The number of aryl methyl sites for hydroxylation is 1. The summed E-state index contributed by atoms with van der Waals surface area (Å²) in [5, 5.41) is 3.62. The van der Waals surface area contributed by atoms with Crippen molar-refractivity contribution in [2.45, 2.75) is 45.3 Å². The van der Waals surface area contributed by atoms with Crippen molar-refractivity contribution in [1.29, 1.82) is 0 Å².